The zero-order valence-corrected chi connectivity index (χ0v) is 14.1. The van der Waals surface area contributed by atoms with Gasteiger partial charge in [-0.1, -0.05) is 31.5 Å². The molecule has 4 heteroatoms. The van der Waals surface area contributed by atoms with Gasteiger partial charge in [0.1, 0.15) is 5.82 Å². The molecule has 0 radical (unpaired) electrons. The van der Waals surface area contributed by atoms with Gasteiger partial charge in [0.05, 0.1) is 9.79 Å². The molecule has 23 heavy (non-hydrogen) atoms. The molecule has 2 aromatic rings. The SMILES string of the molecule is CCC[C@@H]1CCCc2cc(S(=O)(=O)c3ccccc3)cc(F)c21. The minimum atomic E-state index is -3.66. The van der Waals surface area contributed by atoms with Gasteiger partial charge in [-0.2, -0.15) is 0 Å². The summed E-state index contributed by atoms with van der Waals surface area (Å²) >= 11 is 0. The molecular weight excluding hydrogens is 311 g/mol. The molecule has 0 bridgehead atoms. The summed E-state index contributed by atoms with van der Waals surface area (Å²) in [7, 11) is -3.66. The van der Waals surface area contributed by atoms with E-state index >= 15 is 0 Å². The van der Waals surface area contributed by atoms with E-state index in [0.717, 1.165) is 43.2 Å². The van der Waals surface area contributed by atoms with E-state index in [1.807, 2.05) is 0 Å². The third-order valence-corrected chi connectivity index (χ3v) is 6.35. The predicted molar refractivity (Wildman–Crippen MR) is 88.9 cm³/mol. The van der Waals surface area contributed by atoms with Crippen LogP contribution in [-0.4, -0.2) is 8.42 Å². The minimum Gasteiger partial charge on any atom is -0.219 e. The summed E-state index contributed by atoms with van der Waals surface area (Å²) < 4.78 is 40.1. The summed E-state index contributed by atoms with van der Waals surface area (Å²) in [5.74, 6) is -0.146. The summed E-state index contributed by atoms with van der Waals surface area (Å²) in [5, 5.41) is 0. The average molecular weight is 332 g/mol. The molecule has 0 spiro atoms. The maximum atomic E-state index is 14.7. The zero-order valence-electron chi connectivity index (χ0n) is 13.3. The third-order valence-electron chi connectivity index (χ3n) is 4.60. The molecule has 0 unspecified atom stereocenters. The number of hydrogen-bond donors (Lipinski definition) is 0. The van der Waals surface area contributed by atoms with Crippen molar-refractivity contribution in [2.75, 3.05) is 0 Å². The first kappa shape index (κ1) is 16.2. The predicted octanol–water partition coefficient (Wildman–Crippen LogP) is 4.88. The molecule has 2 nitrogen and oxygen atoms in total. The number of fused-ring (bicyclic) bond motifs is 1. The summed E-state index contributed by atoms with van der Waals surface area (Å²) in [4.78, 5) is 0.275. The van der Waals surface area contributed by atoms with E-state index in [1.54, 1.807) is 36.4 Å². The van der Waals surface area contributed by atoms with E-state index in [4.69, 9.17) is 0 Å². The molecule has 122 valence electrons. The van der Waals surface area contributed by atoms with Gasteiger partial charge in [-0.05, 0) is 67.0 Å². The van der Waals surface area contributed by atoms with Crippen molar-refractivity contribution >= 4 is 9.84 Å². The van der Waals surface area contributed by atoms with Crippen molar-refractivity contribution in [1.82, 2.24) is 0 Å². The van der Waals surface area contributed by atoms with Crippen molar-refractivity contribution in [2.45, 2.75) is 54.7 Å². The summed E-state index contributed by atoms with van der Waals surface area (Å²) in [5.41, 5.74) is 1.61. The highest BCUT2D eigenvalue weighted by atomic mass is 32.2. The maximum Gasteiger partial charge on any atom is 0.206 e. The highest BCUT2D eigenvalue weighted by Gasteiger charge is 2.27. The zero-order chi connectivity index (χ0) is 16.4. The fraction of sp³-hybridized carbons (Fsp3) is 0.368. The number of sulfone groups is 1. The average Bonchev–Trinajstić information content (AvgIpc) is 2.56. The van der Waals surface area contributed by atoms with E-state index in [0.29, 0.717) is 0 Å². The Bertz CT molecular complexity index is 798. The molecule has 1 aliphatic carbocycles. The number of rotatable bonds is 4. The van der Waals surface area contributed by atoms with Gasteiger partial charge in [0.2, 0.25) is 9.84 Å². The molecule has 1 aliphatic rings. The van der Waals surface area contributed by atoms with Crippen LogP contribution in [0.25, 0.3) is 0 Å². The normalized spacial score (nSPS) is 17.7. The van der Waals surface area contributed by atoms with E-state index in [2.05, 4.69) is 6.92 Å². The van der Waals surface area contributed by atoms with E-state index in [9.17, 15) is 12.8 Å². The summed E-state index contributed by atoms with van der Waals surface area (Å²) in [6.45, 7) is 2.10. The van der Waals surface area contributed by atoms with Crippen molar-refractivity contribution in [3.8, 4) is 0 Å². The second-order valence-corrected chi connectivity index (χ2v) is 8.12. The Morgan fingerprint density at radius 1 is 1.13 bits per heavy atom. The van der Waals surface area contributed by atoms with Crippen molar-refractivity contribution < 1.29 is 12.8 Å². The van der Waals surface area contributed by atoms with Crippen LogP contribution in [0.15, 0.2) is 52.3 Å². The van der Waals surface area contributed by atoms with Crippen LogP contribution in [0.3, 0.4) is 0 Å². The first-order valence-electron chi connectivity index (χ1n) is 8.16. The van der Waals surface area contributed by atoms with Gasteiger partial charge in [0.25, 0.3) is 0 Å². The lowest BCUT2D eigenvalue weighted by Gasteiger charge is -2.26. The van der Waals surface area contributed by atoms with Crippen LogP contribution in [0.4, 0.5) is 4.39 Å². The molecule has 0 aliphatic heterocycles. The number of aryl methyl sites for hydroxylation is 1. The number of halogens is 1. The molecule has 2 aromatic carbocycles. The molecule has 0 aromatic heterocycles. The van der Waals surface area contributed by atoms with E-state index < -0.39 is 9.84 Å². The van der Waals surface area contributed by atoms with Crippen LogP contribution >= 0.6 is 0 Å². The Kier molecular flexibility index (Phi) is 4.53. The maximum absolute atomic E-state index is 14.7. The molecule has 0 fully saturated rings. The Hall–Kier alpha value is -1.68. The van der Waals surface area contributed by atoms with Gasteiger partial charge in [0, 0.05) is 0 Å². The first-order chi connectivity index (χ1) is 11.0. The summed E-state index contributed by atoms with van der Waals surface area (Å²) in [6.07, 6.45) is 4.70. The van der Waals surface area contributed by atoms with Gasteiger partial charge in [0.15, 0.2) is 0 Å². The van der Waals surface area contributed by atoms with Crippen molar-refractivity contribution in [3.05, 3.63) is 59.4 Å². The Morgan fingerprint density at radius 2 is 1.87 bits per heavy atom. The lowest BCUT2D eigenvalue weighted by Crippen LogP contribution is -2.14. The van der Waals surface area contributed by atoms with Crippen molar-refractivity contribution in [3.63, 3.8) is 0 Å². The lowest BCUT2D eigenvalue weighted by molar-refractivity contribution is 0.478. The molecule has 0 heterocycles. The largest absolute Gasteiger partial charge is 0.219 e. The molecule has 0 saturated heterocycles. The van der Waals surface area contributed by atoms with Crippen LogP contribution in [0.1, 0.15) is 49.7 Å². The Morgan fingerprint density at radius 3 is 2.57 bits per heavy atom. The fourth-order valence-electron chi connectivity index (χ4n) is 3.52. The van der Waals surface area contributed by atoms with Crippen molar-refractivity contribution in [1.29, 1.82) is 0 Å². The van der Waals surface area contributed by atoms with Gasteiger partial charge in [-0.3, -0.25) is 0 Å². The molecule has 1 atom stereocenters. The van der Waals surface area contributed by atoms with Gasteiger partial charge in [-0.15, -0.1) is 0 Å². The van der Waals surface area contributed by atoms with Crippen LogP contribution in [0.2, 0.25) is 0 Å². The van der Waals surface area contributed by atoms with Crippen LogP contribution in [0.5, 0.6) is 0 Å². The first-order valence-corrected chi connectivity index (χ1v) is 9.64. The van der Waals surface area contributed by atoms with Gasteiger partial charge >= 0.3 is 0 Å². The number of hydrogen-bond acceptors (Lipinski definition) is 2. The van der Waals surface area contributed by atoms with Crippen LogP contribution in [0, 0.1) is 5.82 Å². The second kappa shape index (κ2) is 6.44. The van der Waals surface area contributed by atoms with Gasteiger partial charge < -0.3 is 0 Å². The highest BCUT2D eigenvalue weighted by molar-refractivity contribution is 7.91. The molecule has 0 N–H and O–H groups in total. The van der Waals surface area contributed by atoms with Crippen molar-refractivity contribution in [2.24, 2.45) is 0 Å². The van der Waals surface area contributed by atoms with Crippen LogP contribution in [-0.2, 0) is 16.3 Å². The summed E-state index contributed by atoms with van der Waals surface area (Å²) in [6, 6.07) is 11.1. The topological polar surface area (TPSA) is 34.1 Å². The lowest BCUT2D eigenvalue weighted by atomic mass is 9.80. The minimum absolute atomic E-state index is 0.0668. The monoisotopic (exact) mass is 332 g/mol. The Balaban J connectivity index is 2.08. The highest BCUT2D eigenvalue weighted by Crippen LogP contribution is 2.38. The Labute approximate surface area is 137 Å². The molecule has 0 amide bonds. The van der Waals surface area contributed by atoms with Crippen LogP contribution < -0.4 is 0 Å². The third kappa shape index (κ3) is 3.05. The smallest absolute Gasteiger partial charge is 0.206 e. The number of benzene rings is 2. The molecule has 0 saturated carbocycles. The fourth-order valence-corrected chi connectivity index (χ4v) is 4.87. The van der Waals surface area contributed by atoms with E-state index in [1.165, 1.54) is 6.07 Å². The molecule has 3 rings (SSSR count). The quantitative estimate of drug-likeness (QED) is 0.800. The molecular formula is C19H21FO2S. The second-order valence-electron chi connectivity index (χ2n) is 6.17. The standard InChI is InChI=1S/C19H21FO2S/c1-2-7-14-8-6-9-15-12-17(13-18(20)19(14)15)23(21,22)16-10-4-3-5-11-16/h3-5,10-14H,2,6-9H2,1H3/t14-/m1/s1. The van der Waals surface area contributed by atoms with Gasteiger partial charge in [-0.25, -0.2) is 12.8 Å². The van der Waals surface area contributed by atoms with E-state index in [-0.39, 0.29) is 21.5 Å².